The first-order valence-corrected chi connectivity index (χ1v) is 17.6. The van der Waals surface area contributed by atoms with Gasteiger partial charge in [-0.25, -0.2) is 0 Å². The molecule has 0 amide bonds. The van der Waals surface area contributed by atoms with Crippen LogP contribution < -0.4 is 14.4 Å². The molecule has 2 aliphatic heterocycles. The minimum atomic E-state index is -0.0854. The highest BCUT2D eigenvalue weighted by molar-refractivity contribution is 6.03. The Hall–Kier alpha value is -3.57. The number of methoxy groups -OCH3 is 2. The molecule has 2 heterocycles. The van der Waals surface area contributed by atoms with Crippen molar-refractivity contribution in [2.24, 2.45) is 0 Å². The van der Waals surface area contributed by atoms with Crippen LogP contribution in [0.4, 0.5) is 11.4 Å². The van der Waals surface area contributed by atoms with Gasteiger partial charge in [0.05, 0.1) is 19.6 Å². The van der Waals surface area contributed by atoms with Crippen LogP contribution in [0, 0.1) is 0 Å². The third kappa shape index (κ3) is 7.78. The summed E-state index contributed by atoms with van der Waals surface area (Å²) >= 11 is 0. The van der Waals surface area contributed by atoms with Crippen LogP contribution in [0.1, 0.15) is 107 Å². The van der Waals surface area contributed by atoms with Crippen molar-refractivity contribution in [1.29, 1.82) is 0 Å². The number of anilines is 1. The van der Waals surface area contributed by atoms with Gasteiger partial charge in [-0.05, 0) is 113 Å². The molecule has 5 heteroatoms. The fraction of sp³-hybridized carbons (Fsp3) is 0.500. The Morgan fingerprint density at radius 3 is 1.98 bits per heavy atom. The Morgan fingerprint density at radius 2 is 1.40 bits per heavy atom. The van der Waals surface area contributed by atoms with Crippen LogP contribution in [0.25, 0.3) is 0 Å². The number of hydrogen-bond donors (Lipinski definition) is 1. The molecule has 0 fully saturated rings. The van der Waals surface area contributed by atoms with Gasteiger partial charge in [0, 0.05) is 48.2 Å². The lowest BCUT2D eigenvalue weighted by Gasteiger charge is -2.26. The lowest BCUT2D eigenvalue weighted by Crippen LogP contribution is -2.27. The zero-order valence-corrected chi connectivity index (χ0v) is 32.0. The van der Waals surface area contributed by atoms with Crippen LogP contribution >= 0.6 is 0 Å². The number of rotatable bonds is 7. The first-order valence-electron chi connectivity index (χ1n) is 17.6. The second-order valence-corrected chi connectivity index (χ2v) is 12.5. The highest BCUT2D eigenvalue weighted by Gasteiger charge is 2.44. The summed E-state index contributed by atoms with van der Waals surface area (Å²) < 4.78 is 13.6. The van der Waals surface area contributed by atoms with Gasteiger partial charge in [0.25, 0.3) is 0 Å². The van der Waals surface area contributed by atoms with E-state index in [2.05, 4.69) is 119 Å². The van der Waals surface area contributed by atoms with Crippen molar-refractivity contribution >= 4 is 17.1 Å². The number of aliphatic hydroxyl groups excluding tert-OH is 1. The molecule has 5 nitrogen and oxygen atoms in total. The summed E-state index contributed by atoms with van der Waals surface area (Å²) in [5, 5.41) is 7.00. The van der Waals surface area contributed by atoms with E-state index in [1.807, 2.05) is 27.7 Å². The molecule has 258 valence electrons. The molecular weight excluding hydrogens is 580 g/mol. The van der Waals surface area contributed by atoms with Gasteiger partial charge in [0.1, 0.15) is 18.0 Å². The standard InChI is InChI=1S/C37H47N2O2.2C2H6.CH4O/c1-10-38-32-19-17-28(40-8)23-30(32)36(4,5)34(38)21-15-26-13-12-14-27(25(26)3)16-22-35-37(6,7)31-24-29(41-9)18-20-33(31)39(35)11-2;3*1-2/h15-24H,10-14H2,1-9H3;2*1-2H3;2H,1H3/q+1;;;. The van der Waals surface area contributed by atoms with Gasteiger partial charge >= 0.3 is 0 Å². The monoisotopic (exact) mass is 643 g/mol. The SMILES string of the molecule is CC.CC.CCN1/C(=C/C=C2\CCCC(/C=C/C3=[N+](CC)c4ccc(OC)cc4C3(C)C)=C2C)C(C)(C)c2cc(OC)ccc21.CO. The van der Waals surface area contributed by atoms with E-state index in [-0.39, 0.29) is 10.8 Å². The molecule has 0 saturated carbocycles. The van der Waals surface area contributed by atoms with Crippen LogP contribution in [-0.2, 0) is 10.8 Å². The summed E-state index contributed by atoms with van der Waals surface area (Å²) in [4.78, 5) is 2.46. The number of nitrogens with zero attached hydrogens (tertiary/aromatic N) is 2. The van der Waals surface area contributed by atoms with Crippen LogP contribution in [-0.4, -0.2) is 49.8 Å². The largest absolute Gasteiger partial charge is 0.497 e. The van der Waals surface area contributed by atoms with Crippen molar-refractivity contribution in [3.63, 3.8) is 0 Å². The predicted octanol–water partition coefficient (Wildman–Crippen LogP) is 10.4. The van der Waals surface area contributed by atoms with Gasteiger partial charge in [-0.15, -0.1) is 0 Å². The summed E-state index contributed by atoms with van der Waals surface area (Å²) in [6.45, 7) is 26.0. The number of likely N-dealkylation sites (N-methyl/N-ethyl adjacent to an activating group) is 1. The maximum Gasteiger partial charge on any atom is 0.210 e. The van der Waals surface area contributed by atoms with Crippen LogP contribution in [0.2, 0.25) is 0 Å². The highest BCUT2D eigenvalue weighted by Crippen LogP contribution is 2.49. The lowest BCUT2D eigenvalue weighted by molar-refractivity contribution is -0.433. The van der Waals surface area contributed by atoms with E-state index < -0.39 is 0 Å². The predicted molar refractivity (Wildman–Crippen MR) is 203 cm³/mol. The number of hydrogen-bond acceptors (Lipinski definition) is 4. The van der Waals surface area contributed by atoms with Gasteiger partial charge in [-0.2, -0.15) is 4.58 Å². The van der Waals surface area contributed by atoms with Crippen LogP contribution in [0.15, 0.2) is 83.1 Å². The van der Waals surface area contributed by atoms with Crippen LogP contribution in [0.5, 0.6) is 11.5 Å². The molecule has 0 radical (unpaired) electrons. The van der Waals surface area contributed by atoms with Crippen molar-refractivity contribution in [2.45, 2.75) is 106 Å². The van der Waals surface area contributed by atoms with E-state index in [1.54, 1.807) is 14.2 Å². The van der Waals surface area contributed by atoms with E-state index in [0.717, 1.165) is 44.5 Å². The Bertz CT molecular complexity index is 1520. The number of ether oxygens (including phenoxy) is 2. The molecule has 3 aliphatic rings. The Labute approximate surface area is 287 Å². The van der Waals surface area contributed by atoms with E-state index in [1.165, 1.54) is 57.1 Å². The minimum Gasteiger partial charge on any atom is -0.497 e. The van der Waals surface area contributed by atoms with E-state index >= 15 is 0 Å². The second-order valence-electron chi connectivity index (χ2n) is 12.5. The molecule has 1 aliphatic carbocycles. The van der Waals surface area contributed by atoms with Crippen molar-refractivity contribution in [1.82, 2.24) is 0 Å². The summed E-state index contributed by atoms with van der Waals surface area (Å²) in [6.07, 6.45) is 12.9. The van der Waals surface area contributed by atoms with Crippen molar-refractivity contribution in [3.05, 3.63) is 94.2 Å². The quantitative estimate of drug-likeness (QED) is 0.305. The van der Waals surface area contributed by atoms with Gasteiger partial charge in [-0.3, -0.25) is 0 Å². The van der Waals surface area contributed by atoms with E-state index in [4.69, 9.17) is 14.6 Å². The highest BCUT2D eigenvalue weighted by atomic mass is 16.5. The molecule has 0 bridgehead atoms. The molecule has 0 saturated heterocycles. The fourth-order valence-electron chi connectivity index (χ4n) is 7.07. The smallest absolute Gasteiger partial charge is 0.210 e. The van der Waals surface area contributed by atoms with E-state index in [0.29, 0.717) is 0 Å². The van der Waals surface area contributed by atoms with Gasteiger partial charge in [-0.1, -0.05) is 53.7 Å². The third-order valence-electron chi connectivity index (χ3n) is 9.57. The minimum absolute atomic E-state index is 0.0854. The topological polar surface area (TPSA) is 44.9 Å². The summed E-state index contributed by atoms with van der Waals surface area (Å²) in [5.41, 5.74) is 12.1. The number of benzene rings is 2. The Kier molecular flexibility index (Phi) is 14.8. The maximum absolute atomic E-state index is 7.00. The average molecular weight is 644 g/mol. The van der Waals surface area contributed by atoms with E-state index in [9.17, 15) is 0 Å². The number of allylic oxidation sites excluding steroid dienone is 8. The molecule has 2 aromatic rings. The fourth-order valence-corrected chi connectivity index (χ4v) is 7.07. The molecule has 47 heavy (non-hydrogen) atoms. The van der Waals surface area contributed by atoms with Gasteiger partial charge < -0.3 is 19.5 Å². The summed E-state index contributed by atoms with van der Waals surface area (Å²) in [6, 6.07) is 13.0. The van der Waals surface area contributed by atoms with Crippen LogP contribution in [0.3, 0.4) is 0 Å². The molecule has 5 rings (SSSR count). The lowest BCUT2D eigenvalue weighted by atomic mass is 9.80. The number of fused-ring (bicyclic) bond motifs is 2. The first-order chi connectivity index (χ1) is 22.6. The molecule has 2 aromatic carbocycles. The van der Waals surface area contributed by atoms with Crippen molar-refractivity contribution < 1.29 is 19.2 Å². The molecule has 1 N–H and O–H groups in total. The molecule has 0 spiro atoms. The second kappa shape index (κ2) is 17.5. The Balaban J connectivity index is 0.00000121. The van der Waals surface area contributed by atoms with Gasteiger partial charge in [0.2, 0.25) is 5.69 Å². The Morgan fingerprint density at radius 1 is 0.809 bits per heavy atom. The summed E-state index contributed by atoms with van der Waals surface area (Å²) in [5.74, 6) is 1.84. The number of aliphatic hydroxyl groups is 1. The van der Waals surface area contributed by atoms with Crippen molar-refractivity contribution in [2.75, 3.05) is 39.3 Å². The molecule has 0 aromatic heterocycles. The first kappa shape index (κ1) is 39.6. The summed E-state index contributed by atoms with van der Waals surface area (Å²) in [7, 11) is 4.49. The van der Waals surface area contributed by atoms with Crippen molar-refractivity contribution in [3.8, 4) is 11.5 Å². The zero-order valence-electron chi connectivity index (χ0n) is 32.0. The third-order valence-corrected chi connectivity index (χ3v) is 9.57. The maximum atomic E-state index is 7.00. The average Bonchev–Trinajstić information content (AvgIpc) is 3.46. The zero-order chi connectivity index (χ0) is 35.5. The molecule has 0 atom stereocenters. The van der Waals surface area contributed by atoms with Gasteiger partial charge in [0.15, 0.2) is 5.71 Å². The molecular formula is C42H63N2O3+. The molecule has 0 unspecified atom stereocenters. The normalized spacial score (nSPS) is 19.0.